The topological polar surface area (TPSA) is 73.8 Å². The summed E-state index contributed by atoms with van der Waals surface area (Å²) in [6.45, 7) is 12.3. The first-order chi connectivity index (χ1) is 14.3. The van der Waals surface area contributed by atoms with E-state index in [0.717, 1.165) is 30.3 Å². The molecule has 0 N–H and O–H groups in total. The third kappa shape index (κ3) is 4.91. The first-order valence-corrected chi connectivity index (χ1v) is 12.6. The molecule has 1 aliphatic rings. The van der Waals surface area contributed by atoms with Crippen LogP contribution in [0, 0.1) is 13.8 Å². The van der Waals surface area contributed by atoms with Gasteiger partial charge in [0.2, 0.25) is 10.0 Å². The van der Waals surface area contributed by atoms with Crippen molar-refractivity contribution in [3.63, 3.8) is 0 Å². The molecule has 1 fully saturated rings. The van der Waals surface area contributed by atoms with E-state index < -0.39 is 10.0 Å². The van der Waals surface area contributed by atoms with Crippen molar-refractivity contribution in [1.29, 1.82) is 0 Å². The molecule has 0 radical (unpaired) electrons. The summed E-state index contributed by atoms with van der Waals surface area (Å²) in [5.74, 6) is -0.0534. The van der Waals surface area contributed by atoms with Crippen molar-refractivity contribution in [1.82, 2.24) is 19.1 Å². The number of hydrogen-bond donors (Lipinski definition) is 0. The highest BCUT2D eigenvalue weighted by atomic mass is 32.2. The van der Waals surface area contributed by atoms with Crippen LogP contribution in [0.5, 0.6) is 0 Å². The van der Waals surface area contributed by atoms with Crippen molar-refractivity contribution in [2.45, 2.75) is 39.1 Å². The molecule has 0 saturated carbocycles. The molecule has 2 heterocycles. The van der Waals surface area contributed by atoms with E-state index in [2.05, 4.69) is 16.8 Å². The van der Waals surface area contributed by atoms with Crippen LogP contribution in [0.2, 0.25) is 0 Å². The normalized spacial score (nSPS) is 15.7. The summed E-state index contributed by atoms with van der Waals surface area (Å²) < 4.78 is 26.6. The molecule has 30 heavy (non-hydrogen) atoms. The first kappa shape index (κ1) is 22.9. The van der Waals surface area contributed by atoms with E-state index in [1.165, 1.54) is 21.3 Å². The molecule has 164 valence electrons. The van der Waals surface area contributed by atoms with Gasteiger partial charge in [-0.05, 0) is 38.1 Å². The van der Waals surface area contributed by atoms with Gasteiger partial charge in [-0.3, -0.25) is 9.69 Å². The standard InChI is InChI=1S/C21H30N4O3S2/c1-5-25(6-2)30(27,28)19-9-7-18(8-10-19)21(26)24-13-11-23(12-14-24)15-20-22-16(3)17(4)29-20/h7-10H,5-6,11-15H2,1-4H3. The lowest BCUT2D eigenvalue weighted by Gasteiger charge is -2.34. The Bertz CT molecular complexity index is 955. The molecule has 1 aliphatic heterocycles. The smallest absolute Gasteiger partial charge is 0.253 e. The summed E-state index contributed by atoms with van der Waals surface area (Å²) in [5.41, 5.74) is 1.61. The number of aryl methyl sites for hydroxylation is 2. The van der Waals surface area contributed by atoms with Crippen LogP contribution in [-0.4, -0.2) is 72.7 Å². The lowest BCUT2D eigenvalue weighted by atomic mass is 10.2. The van der Waals surface area contributed by atoms with E-state index in [-0.39, 0.29) is 10.8 Å². The third-order valence-electron chi connectivity index (χ3n) is 5.54. The average molecular weight is 451 g/mol. The van der Waals surface area contributed by atoms with E-state index >= 15 is 0 Å². The van der Waals surface area contributed by atoms with Gasteiger partial charge in [0.1, 0.15) is 5.01 Å². The SMILES string of the molecule is CCN(CC)S(=O)(=O)c1ccc(C(=O)N2CCN(Cc3nc(C)c(C)s3)CC2)cc1. The number of benzene rings is 1. The summed E-state index contributed by atoms with van der Waals surface area (Å²) in [6, 6.07) is 6.30. The largest absolute Gasteiger partial charge is 0.336 e. The Balaban J connectivity index is 1.60. The van der Waals surface area contributed by atoms with Crippen LogP contribution in [0.15, 0.2) is 29.2 Å². The molecule has 0 spiro atoms. The van der Waals surface area contributed by atoms with E-state index in [4.69, 9.17) is 0 Å². The van der Waals surface area contributed by atoms with Crippen molar-refractivity contribution >= 4 is 27.3 Å². The second-order valence-corrected chi connectivity index (χ2v) is 10.7. The predicted octanol–water partition coefficient (Wildman–Crippen LogP) is 2.75. The molecule has 1 saturated heterocycles. The monoisotopic (exact) mass is 450 g/mol. The molecule has 2 aromatic rings. The lowest BCUT2D eigenvalue weighted by molar-refractivity contribution is 0.0628. The molecular weight excluding hydrogens is 420 g/mol. The Kier molecular flexibility index (Phi) is 7.28. The van der Waals surface area contributed by atoms with Crippen molar-refractivity contribution in [3.8, 4) is 0 Å². The minimum atomic E-state index is -3.51. The molecule has 1 aromatic carbocycles. The van der Waals surface area contributed by atoms with Gasteiger partial charge in [0.15, 0.2) is 0 Å². The highest BCUT2D eigenvalue weighted by Gasteiger charge is 2.25. The zero-order valence-corrected chi connectivity index (χ0v) is 19.7. The number of sulfonamides is 1. The van der Waals surface area contributed by atoms with Crippen molar-refractivity contribution < 1.29 is 13.2 Å². The van der Waals surface area contributed by atoms with Gasteiger partial charge < -0.3 is 4.90 Å². The molecule has 1 aromatic heterocycles. The third-order valence-corrected chi connectivity index (χ3v) is 8.66. The number of piperazine rings is 1. The fourth-order valence-corrected chi connectivity index (χ4v) is 6.01. The molecule has 0 unspecified atom stereocenters. The van der Waals surface area contributed by atoms with Crippen LogP contribution in [0.4, 0.5) is 0 Å². The van der Waals surface area contributed by atoms with Crippen LogP contribution < -0.4 is 0 Å². The van der Waals surface area contributed by atoms with Crippen LogP contribution in [0.1, 0.15) is 39.8 Å². The highest BCUT2D eigenvalue weighted by molar-refractivity contribution is 7.89. The van der Waals surface area contributed by atoms with Gasteiger partial charge in [-0.25, -0.2) is 13.4 Å². The number of rotatable bonds is 7. The number of amides is 1. The maximum atomic E-state index is 12.9. The summed E-state index contributed by atoms with van der Waals surface area (Å²) in [5, 5.41) is 1.12. The number of nitrogens with zero attached hydrogens (tertiary/aromatic N) is 4. The molecule has 0 atom stereocenters. The minimum absolute atomic E-state index is 0.0534. The highest BCUT2D eigenvalue weighted by Crippen LogP contribution is 2.20. The predicted molar refractivity (Wildman–Crippen MR) is 119 cm³/mol. The quantitative estimate of drug-likeness (QED) is 0.649. The molecular formula is C21H30N4O3S2. The van der Waals surface area contributed by atoms with Crippen LogP contribution >= 0.6 is 11.3 Å². The number of carbonyl (C=O) groups is 1. The zero-order valence-electron chi connectivity index (χ0n) is 18.1. The fraction of sp³-hybridized carbons (Fsp3) is 0.524. The molecule has 7 nitrogen and oxygen atoms in total. The molecule has 0 aliphatic carbocycles. The van der Waals surface area contributed by atoms with Crippen molar-refractivity contribution in [2.24, 2.45) is 0 Å². The second kappa shape index (κ2) is 9.55. The van der Waals surface area contributed by atoms with Gasteiger partial charge in [0.25, 0.3) is 5.91 Å². The Morgan fingerprint density at radius 2 is 1.67 bits per heavy atom. The van der Waals surface area contributed by atoms with Crippen LogP contribution in [0.25, 0.3) is 0 Å². The van der Waals surface area contributed by atoms with Crippen LogP contribution in [-0.2, 0) is 16.6 Å². The average Bonchev–Trinajstić information content (AvgIpc) is 3.05. The Hall–Kier alpha value is -1.81. The first-order valence-electron chi connectivity index (χ1n) is 10.3. The maximum Gasteiger partial charge on any atom is 0.253 e. The van der Waals surface area contributed by atoms with Gasteiger partial charge in [-0.15, -0.1) is 11.3 Å². The molecule has 0 bridgehead atoms. The lowest BCUT2D eigenvalue weighted by Crippen LogP contribution is -2.48. The van der Waals surface area contributed by atoms with Crippen molar-refractivity contribution in [2.75, 3.05) is 39.3 Å². The number of carbonyl (C=O) groups excluding carboxylic acids is 1. The molecule has 3 rings (SSSR count). The van der Waals surface area contributed by atoms with E-state index in [1.54, 1.807) is 23.5 Å². The van der Waals surface area contributed by atoms with Crippen molar-refractivity contribution in [3.05, 3.63) is 45.4 Å². The van der Waals surface area contributed by atoms with E-state index in [9.17, 15) is 13.2 Å². The summed E-state index contributed by atoms with van der Waals surface area (Å²) in [7, 11) is -3.51. The Morgan fingerprint density at radius 3 is 2.17 bits per heavy atom. The zero-order chi connectivity index (χ0) is 21.9. The molecule has 9 heteroatoms. The number of aromatic nitrogens is 1. The van der Waals surface area contributed by atoms with Gasteiger partial charge in [-0.1, -0.05) is 13.8 Å². The van der Waals surface area contributed by atoms with Gasteiger partial charge in [-0.2, -0.15) is 4.31 Å². The summed E-state index contributed by atoms with van der Waals surface area (Å²) in [6.07, 6.45) is 0. The minimum Gasteiger partial charge on any atom is -0.336 e. The number of thiazole rings is 1. The summed E-state index contributed by atoms with van der Waals surface area (Å²) >= 11 is 1.73. The summed E-state index contributed by atoms with van der Waals surface area (Å²) in [4.78, 5) is 23.1. The maximum absolute atomic E-state index is 12.9. The van der Waals surface area contributed by atoms with Gasteiger partial charge >= 0.3 is 0 Å². The second-order valence-electron chi connectivity index (χ2n) is 7.43. The Morgan fingerprint density at radius 1 is 1.07 bits per heavy atom. The van der Waals surface area contributed by atoms with E-state index in [1.807, 2.05) is 25.7 Å². The number of hydrogen-bond acceptors (Lipinski definition) is 6. The molecule has 1 amide bonds. The fourth-order valence-electron chi connectivity index (χ4n) is 3.57. The van der Waals surface area contributed by atoms with Gasteiger partial charge in [0, 0.05) is 49.7 Å². The van der Waals surface area contributed by atoms with E-state index in [0.29, 0.717) is 31.7 Å². The Labute approximate surface area is 183 Å². The van der Waals surface area contributed by atoms with Gasteiger partial charge in [0.05, 0.1) is 17.1 Å². The van der Waals surface area contributed by atoms with Crippen LogP contribution in [0.3, 0.4) is 0 Å².